The van der Waals surface area contributed by atoms with Gasteiger partial charge in [0.1, 0.15) is 0 Å². The van der Waals surface area contributed by atoms with Gasteiger partial charge in [-0.05, 0) is 31.6 Å². The molecule has 106 valence electrons. The van der Waals surface area contributed by atoms with E-state index in [0.717, 1.165) is 25.7 Å². The molecule has 0 bridgehead atoms. The highest BCUT2D eigenvalue weighted by atomic mass is 16.5. The maximum atomic E-state index is 11.7. The van der Waals surface area contributed by atoms with Crippen LogP contribution < -0.4 is 11.1 Å². The molecule has 1 rings (SSSR count). The van der Waals surface area contributed by atoms with Crippen LogP contribution in [0.25, 0.3) is 0 Å². The molecule has 0 aliphatic heterocycles. The summed E-state index contributed by atoms with van der Waals surface area (Å²) in [6, 6.07) is 0.358. The third-order valence-corrected chi connectivity index (χ3v) is 3.89. The minimum Gasteiger partial charge on any atom is -0.376 e. The van der Waals surface area contributed by atoms with Gasteiger partial charge in [0.05, 0.1) is 12.7 Å². The first kappa shape index (κ1) is 15.4. The Morgan fingerprint density at radius 3 is 2.44 bits per heavy atom. The second-order valence-corrected chi connectivity index (χ2v) is 5.73. The van der Waals surface area contributed by atoms with Crippen LogP contribution in [0.3, 0.4) is 0 Å². The molecule has 1 amide bonds. The van der Waals surface area contributed by atoms with Crippen molar-refractivity contribution in [1.82, 2.24) is 5.32 Å². The summed E-state index contributed by atoms with van der Waals surface area (Å²) < 4.78 is 5.75. The van der Waals surface area contributed by atoms with Crippen molar-refractivity contribution >= 4 is 5.91 Å². The first-order valence-corrected chi connectivity index (χ1v) is 7.15. The fourth-order valence-electron chi connectivity index (χ4n) is 2.12. The standard InChI is InChI=1S/C14H28N2O2/c1-10(2)11(3)14(17)16-8-9-18-13-6-4-12(15)5-7-13/h10-13H,4-9,15H2,1-3H3,(H,16,17). The van der Waals surface area contributed by atoms with E-state index in [1.807, 2.05) is 6.92 Å². The molecular formula is C14H28N2O2. The van der Waals surface area contributed by atoms with Gasteiger partial charge in [-0.2, -0.15) is 0 Å². The van der Waals surface area contributed by atoms with Crippen LogP contribution in [-0.4, -0.2) is 31.2 Å². The molecule has 0 saturated heterocycles. The van der Waals surface area contributed by atoms with Crippen molar-refractivity contribution in [1.29, 1.82) is 0 Å². The second-order valence-electron chi connectivity index (χ2n) is 5.73. The topological polar surface area (TPSA) is 64.3 Å². The summed E-state index contributed by atoms with van der Waals surface area (Å²) >= 11 is 0. The fraction of sp³-hybridized carbons (Fsp3) is 0.929. The fourth-order valence-corrected chi connectivity index (χ4v) is 2.12. The van der Waals surface area contributed by atoms with Gasteiger partial charge in [0.25, 0.3) is 0 Å². The zero-order valence-corrected chi connectivity index (χ0v) is 11.9. The van der Waals surface area contributed by atoms with Gasteiger partial charge < -0.3 is 15.8 Å². The molecule has 0 heterocycles. The zero-order valence-electron chi connectivity index (χ0n) is 11.9. The Hall–Kier alpha value is -0.610. The molecule has 0 aromatic heterocycles. The van der Waals surface area contributed by atoms with Crippen LogP contribution in [-0.2, 0) is 9.53 Å². The lowest BCUT2D eigenvalue weighted by atomic mass is 9.94. The van der Waals surface area contributed by atoms with Gasteiger partial charge in [-0.1, -0.05) is 20.8 Å². The quantitative estimate of drug-likeness (QED) is 0.711. The van der Waals surface area contributed by atoms with Crippen LogP contribution >= 0.6 is 0 Å². The van der Waals surface area contributed by atoms with Crippen LogP contribution in [0.15, 0.2) is 0 Å². The van der Waals surface area contributed by atoms with Crippen molar-refractivity contribution in [2.75, 3.05) is 13.2 Å². The molecule has 1 saturated carbocycles. The lowest BCUT2D eigenvalue weighted by molar-refractivity contribution is -0.126. The SMILES string of the molecule is CC(C)C(C)C(=O)NCCOC1CCC(N)CC1. The van der Waals surface area contributed by atoms with E-state index >= 15 is 0 Å². The summed E-state index contributed by atoms with van der Waals surface area (Å²) in [5.41, 5.74) is 5.84. The lowest BCUT2D eigenvalue weighted by Crippen LogP contribution is -2.35. The molecule has 4 heteroatoms. The predicted octanol–water partition coefficient (Wildman–Crippen LogP) is 1.68. The zero-order chi connectivity index (χ0) is 13.5. The predicted molar refractivity (Wildman–Crippen MR) is 73.2 cm³/mol. The average Bonchev–Trinajstić information content (AvgIpc) is 2.35. The molecule has 18 heavy (non-hydrogen) atoms. The summed E-state index contributed by atoms with van der Waals surface area (Å²) in [4.78, 5) is 11.7. The van der Waals surface area contributed by atoms with E-state index in [2.05, 4.69) is 19.2 Å². The summed E-state index contributed by atoms with van der Waals surface area (Å²) in [6.07, 6.45) is 4.56. The normalized spacial score (nSPS) is 26.1. The van der Waals surface area contributed by atoms with Gasteiger partial charge in [0.2, 0.25) is 5.91 Å². The van der Waals surface area contributed by atoms with Crippen molar-refractivity contribution in [2.45, 2.75) is 58.6 Å². The second kappa shape index (κ2) is 7.74. The Morgan fingerprint density at radius 2 is 1.89 bits per heavy atom. The Labute approximate surface area is 111 Å². The number of hydrogen-bond donors (Lipinski definition) is 2. The molecule has 1 aliphatic rings. The highest BCUT2D eigenvalue weighted by molar-refractivity contribution is 5.78. The Bertz CT molecular complexity index is 248. The van der Waals surface area contributed by atoms with E-state index in [0.29, 0.717) is 31.2 Å². The van der Waals surface area contributed by atoms with Crippen molar-refractivity contribution < 1.29 is 9.53 Å². The third-order valence-electron chi connectivity index (χ3n) is 3.89. The van der Waals surface area contributed by atoms with Crippen molar-refractivity contribution in [3.05, 3.63) is 0 Å². The minimum absolute atomic E-state index is 0.0673. The molecule has 4 nitrogen and oxygen atoms in total. The maximum Gasteiger partial charge on any atom is 0.223 e. The first-order valence-electron chi connectivity index (χ1n) is 7.15. The smallest absolute Gasteiger partial charge is 0.223 e. The van der Waals surface area contributed by atoms with Gasteiger partial charge >= 0.3 is 0 Å². The highest BCUT2D eigenvalue weighted by Crippen LogP contribution is 2.19. The van der Waals surface area contributed by atoms with E-state index < -0.39 is 0 Å². The van der Waals surface area contributed by atoms with Crippen LogP contribution in [0, 0.1) is 11.8 Å². The van der Waals surface area contributed by atoms with Crippen molar-refractivity contribution in [2.24, 2.45) is 17.6 Å². The number of carbonyl (C=O) groups is 1. The molecule has 3 N–H and O–H groups in total. The van der Waals surface area contributed by atoms with Crippen LogP contribution in [0.5, 0.6) is 0 Å². The number of nitrogens with one attached hydrogen (secondary N) is 1. The van der Waals surface area contributed by atoms with E-state index in [1.54, 1.807) is 0 Å². The van der Waals surface area contributed by atoms with Crippen molar-refractivity contribution in [3.63, 3.8) is 0 Å². The van der Waals surface area contributed by atoms with Gasteiger partial charge in [-0.25, -0.2) is 0 Å². The Kier molecular flexibility index (Phi) is 6.65. The lowest BCUT2D eigenvalue weighted by Gasteiger charge is -2.26. The van der Waals surface area contributed by atoms with Gasteiger partial charge in [-0.15, -0.1) is 0 Å². The largest absolute Gasteiger partial charge is 0.376 e. The van der Waals surface area contributed by atoms with Crippen LogP contribution in [0.2, 0.25) is 0 Å². The Morgan fingerprint density at radius 1 is 1.28 bits per heavy atom. The molecule has 1 unspecified atom stereocenters. The van der Waals surface area contributed by atoms with Crippen LogP contribution in [0.4, 0.5) is 0 Å². The number of rotatable bonds is 6. The van der Waals surface area contributed by atoms with Gasteiger partial charge in [0, 0.05) is 18.5 Å². The maximum absolute atomic E-state index is 11.7. The summed E-state index contributed by atoms with van der Waals surface area (Å²) in [6.45, 7) is 7.30. The van der Waals surface area contributed by atoms with Gasteiger partial charge in [0.15, 0.2) is 0 Å². The van der Waals surface area contributed by atoms with E-state index in [1.165, 1.54) is 0 Å². The number of hydrogen-bond acceptors (Lipinski definition) is 3. The molecular weight excluding hydrogens is 228 g/mol. The molecule has 0 radical (unpaired) electrons. The monoisotopic (exact) mass is 256 g/mol. The number of ether oxygens (including phenoxy) is 1. The number of amides is 1. The van der Waals surface area contributed by atoms with Crippen LogP contribution in [0.1, 0.15) is 46.5 Å². The molecule has 0 aromatic carbocycles. The molecule has 0 aromatic rings. The van der Waals surface area contributed by atoms with Crippen molar-refractivity contribution in [3.8, 4) is 0 Å². The van der Waals surface area contributed by atoms with E-state index in [4.69, 9.17) is 10.5 Å². The molecule has 0 spiro atoms. The number of carbonyl (C=O) groups excluding carboxylic acids is 1. The molecule has 1 aliphatic carbocycles. The van der Waals surface area contributed by atoms with E-state index in [-0.39, 0.29) is 11.8 Å². The van der Waals surface area contributed by atoms with Gasteiger partial charge in [-0.3, -0.25) is 4.79 Å². The molecule has 1 atom stereocenters. The molecule has 1 fully saturated rings. The summed E-state index contributed by atoms with van der Waals surface area (Å²) in [5, 5.41) is 2.92. The summed E-state index contributed by atoms with van der Waals surface area (Å²) in [5.74, 6) is 0.572. The first-order chi connectivity index (χ1) is 8.50. The average molecular weight is 256 g/mol. The minimum atomic E-state index is 0.0673. The number of nitrogens with two attached hydrogens (primary N) is 1. The third kappa shape index (κ3) is 5.36. The summed E-state index contributed by atoms with van der Waals surface area (Å²) in [7, 11) is 0. The van der Waals surface area contributed by atoms with E-state index in [9.17, 15) is 4.79 Å². The Balaban J connectivity index is 2.06. The highest BCUT2D eigenvalue weighted by Gasteiger charge is 2.19.